The topological polar surface area (TPSA) is 173 Å². The molecule has 6 rings (SSSR count). The van der Waals surface area contributed by atoms with Crippen LogP contribution in [0.1, 0.15) is 65.7 Å². The van der Waals surface area contributed by atoms with E-state index < -0.39 is 59.1 Å². The van der Waals surface area contributed by atoms with Crippen LogP contribution in [0.5, 0.6) is 5.75 Å². The molecule has 3 aromatic rings. The van der Waals surface area contributed by atoms with Gasteiger partial charge in [-0.1, -0.05) is 55.7 Å². The molecular formula is C39H47N5O7. The molecule has 3 aliphatic rings. The maximum absolute atomic E-state index is 14.7. The third-order valence-corrected chi connectivity index (χ3v) is 10.1. The first-order valence-electron chi connectivity index (χ1n) is 17.7. The van der Waals surface area contributed by atoms with Crippen molar-refractivity contribution in [2.75, 3.05) is 12.3 Å². The summed E-state index contributed by atoms with van der Waals surface area (Å²) in [6.07, 6.45) is 4.74. The monoisotopic (exact) mass is 697 g/mol. The van der Waals surface area contributed by atoms with Crippen LogP contribution < -0.4 is 21.1 Å². The molecule has 1 unspecified atom stereocenters. The van der Waals surface area contributed by atoms with E-state index in [1.807, 2.05) is 42.5 Å². The second-order valence-corrected chi connectivity index (χ2v) is 15.0. The van der Waals surface area contributed by atoms with Gasteiger partial charge in [-0.05, 0) is 64.2 Å². The summed E-state index contributed by atoms with van der Waals surface area (Å²) in [5.74, 6) is -2.32. The van der Waals surface area contributed by atoms with E-state index >= 15 is 0 Å². The summed E-state index contributed by atoms with van der Waals surface area (Å²) in [5.41, 5.74) is 6.63. The number of carbonyl (C=O) groups excluding carboxylic acids is 3. The molecule has 1 aliphatic heterocycles. The second kappa shape index (κ2) is 14.2. The van der Waals surface area contributed by atoms with Crippen LogP contribution in [0, 0.1) is 11.8 Å². The zero-order valence-electron chi connectivity index (χ0n) is 29.4. The number of hydrogen-bond acceptors (Lipinski definition) is 8. The van der Waals surface area contributed by atoms with E-state index in [1.165, 1.54) is 11.0 Å². The van der Waals surface area contributed by atoms with E-state index in [2.05, 4.69) is 17.2 Å². The fraction of sp³-hybridized carbons (Fsp3) is 0.462. The number of nitrogens with two attached hydrogens (primary N) is 1. The number of carboxylic acid groups (broad SMARTS) is 1. The molecule has 270 valence electrons. The number of amides is 3. The minimum Gasteiger partial charge on any atom is -0.488 e. The molecule has 2 aliphatic carbocycles. The van der Waals surface area contributed by atoms with Crippen molar-refractivity contribution >= 4 is 40.5 Å². The molecule has 2 aromatic carbocycles. The predicted octanol–water partition coefficient (Wildman–Crippen LogP) is 5.45. The number of ether oxygens (including phenoxy) is 2. The Bertz CT molecular complexity index is 1820. The van der Waals surface area contributed by atoms with Gasteiger partial charge in [-0.2, -0.15) is 0 Å². The molecule has 51 heavy (non-hydrogen) atoms. The number of aromatic nitrogens is 1. The molecule has 12 nitrogen and oxygen atoms in total. The normalized spacial score (nSPS) is 24.0. The van der Waals surface area contributed by atoms with Crippen LogP contribution in [0.3, 0.4) is 0 Å². The highest BCUT2D eigenvalue weighted by atomic mass is 16.6. The smallest absolute Gasteiger partial charge is 0.408 e. The van der Waals surface area contributed by atoms with Crippen LogP contribution >= 0.6 is 0 Å². The maximum Gasteiger partial charge on any atom is 0.408 e. The maximum atomic E-state index is 14.7. The van der Waals surface area contributed by atoms with Crippen molar-refractivity contribution in [2.45, 2.75) is 95.0 Å². The summed E-state index contributed by atoms with van der Waals surface area (Å²) in [6.45, 7) is 9.00. The number of carboxylic acids is 1. The second-order valence-electron chi connectivity index (χ2n) is 15.0. The average molecular weight is 698 g/mol. The minimum atomic E-state index is -1.49. The highest BCUT2D eigenvalue weighted by Gasteiger charge is 2.61. The Labute approximate surface area is 297 Å². The lowest BCUT2D eigenvalue weighted by Gasteiger charge is -2.35. The number of pyridine rings is 1. The number of nitrogen functional groups attached to an aromatic ring is 1. The highest BCUT2D eigenvalue weighted by Crippen LogP contribution is 2.45. The fourth-order valence-corrected chi connectivity index (χ4v) is 7.40. The first-order chi connectivity index (χ1) is 24.3. The largest absolute Gasteiger partial charge is 0.488 e. The SMILES string of the molecule is C=C[C@H]1CC1(NC(=O)[C@@H]1C[C@@H](Oc2cc(-c3ccccc3)nc3ccc(N)cc23)CN1C(=O)[C@@H](NC(=O)OC(C)(C)C)C1CCCCC1)C(=O)O. The van der Waals surface area contributed by atoms with Gasteiger partial charge in [0.25, 0.3) is 0 Å². The Balaban J connectivity index is 1.34. The van der Waals surface area contributed by atoms with Crippen LogP contribution in [0.2, 0.25) is 0 Å². The molecule has 1 aromatic heterocycles. The molecule has 2 heterocycles. The first kappa shape index (κ1) is 35.7. The van der Waals surface area contributed by atoms with Crippen molar-refractivity contribution in [2.24, 2.45) is 11.8 Å². The lowest BCUT2D eigenvalue weighted by Crippen LogP contribution is -2.58. The Morgan fingerprint density at radius 2 is 1.80 bits per heavy atom. The molecule has 3 fully saturated rings. The van der Waals surface area contributed by atoms with Crippen molar-refractivity contribution in [3.8, 4) is 17.0 Å². The number of aliphatic carboxylic acids is 1. The number of carbonyl (C=O) groups is 4. The number of nitrogens with zero attached hydrogens (tertiary/aromatic N) is 2. The minimum absolute atomic E-state index is 0.0217. The van der Waals surface area contributed by atoms with Crippen molar-refractivity contribution in [1.82, 2.24) is 20.5 Å². The van der Waals surface area contributed by atoms with Crippen molar-refractivity contribution in [3.63, 3.8) is 0 Å². The summed E-state index contributed by atoms with van der Waals surface area (Å²) >= 11 is 0. The van der Waals surface area contributed by atoms with Gasteiger partial charge in [0.1, 0.15) is 35.1 Å². The molecule has 5 atom stereocenters. The average Bonchev–Trinajstić information content (AvgIpc) is 3.66. The van der Waals surface area contributed by atoms with E-state index in [1.54, 1.807) is 32.9 Å². The van der Waals surface area contributed by atoms with Gasteiger partial charge < -0.3 is 35.8 Å². The van der Waals surface area contributed by atoms with Crippen LogP contribution in [-0.4, -0.2) is 74.7 Å². The zero-order chi connectivity index (χ0) is 36.5. The van der Waals surface area contributed by atoms with Crippen LogP contribution in [-0.2, 0) is 19.1 Å². The third kappa shape index (κ3) is 7.79. The van der Waals surface area contributed by atoms with Crippen LogP contribution in [0.4, 0.5) is 10.5 Å². The lowest BCUT2D eigenvalue weighted by molar-refractivity contribution is -0.146. The molecule has 0 spiro atoms. The summed E-state index contributed by atoms with van der Waals surface area (Å²) in [6, 6.07) is 14.8. The van der Waals surface area contributed by atoms with Crippen molar-refractivity contribution < 1.29 is 33.8 Å². The van der Waals surface area contributed by atoms with Crippen LogP contribution in [0.25, 0.3) is 22.2 Å². The Morgan fingerprint density at radius 3 is 2.45 bits per heavy atom. The van der Waals surface area contributed by atoms with E-state index in [-0.39, 0.29) is 25.3 Å². The number of rotatable bonds is 10. The van der Waals surface area contributed by atoms with Gasteiger partial charge in [-0.15, -0.1) is 6.58 Å². The number of fused-ring (bicyclic) bond motifs is 1. The van der Waals surface area contributed by atoms with E-state index in [4.69, 9.17) is 20.2 Å². The zero-order valence-corrected chi connectivity index (χ0v) is 29.4. The van der Waals surface area contributed by atoms with Crippen LogP contribution in [0.15, 0.2) is 67.3 Å². The van der Waals surface area contributed by atoms with Gasteiger partial charge in [-0.25, -0.2) is 14.6 Å². The summed E-state index contributed by atoms with van der Waals surface area (Å²) in [4.78, 5) is 60.4. The van der Waals surface area contributed by atoms with Gasteiger partial charge in [0.2, 0.25) is 11.8 Å². The molecule has 0 bridgehead atoms. The first-order valence-corrected chi connectivity index (χ1v) is 17.7. The lowest BCUT2D eigenvalue weighted by atomic mass is 9.83. The fourth-order valence-electron chi connectivity index (χ4n) is 7.40. The Hall–Kier alpha value is -5.13. The van der Waals surface area contributed by atoms with E-state index in [9.17, 15) is 24.3 Å². The standard InChI is InChI=1S/C39H47N5O7/c1-5-25-21-39(25,36(47)48)43-34(45)31-19-27(22-44(31)35(46)33(24-14-10-7-11-15-24)42-37(49)51-38(2,3)4)50-32-20-30(23-12-8-6-9-13-23)41-29-17-16-26(40)18-28(29)32/h5-6,8-9,12-13,16-18,20,24-25,27,31,33H,1,7,10-11,14-15,19,21-22,40H2,2-4H3,(H,42,49)(H,43,45)(H,47,48)/t25-,27+,31-,33-,39?/m0/s1. The molecule has 0 radical (unpaired) electrons. The van der Waals surface area contributed by atoms with E-state index in [0.717, 1.165) is 37.7 Å². The van der Waals surface area contributed by atoms with Gasteiger partial charge >= 0.3 is 12.1 Å². The summed E-state index contributed by atoms with van der Waals surface area (Å²) < 4.78 is 12.2. The molecule has 2 saturated carbocycles. The number of nitrogens with one attached hydrogen (secondary N) is 2. The number of benzene rings is 2. The number of alkyl carbamates (subject to hydrolysis) is 1. The molecule has 5 N–H and O–H groups in total. The van der Waals surface area contributed by atoms with Gasteiger partial charge in [0.05, 0.1) is 17.8 Å². The number of hydrogen-bond donors (Lipinski definition) is 4. The quantitative estimate of drug-likeness (QED) is 0.159. The van der Waals surface area contributed by atoms with Gasteiger partial charge in [0.15, 0.2) is 0 Å². The van der Waals surface area contributed by atoms with Crippen molar-refractivity contribution in [3.05, 3.63) is 67.3 Å². The van der Waals surface area contributed by atoms with Crippen molar-refractivity contribution in [1.29, 1.82) is 0 Å². The number of likely N-dealkylation sites (tertiary alicyclic amines) is 1. The summed E-state index contributed by atoms with van der Waals surface area (Å²) in [7, 11) is 0. The third-order valence-electron chi connectivity index (χ3n) is 10.1. The van der Waals surface area contributed by atoms with Gasteiger partial charge in [0, 0.05) is 35.0 Å². The molecule has 3 amide bonds. The molecule has 12 heteroatoms. The van der Waals surface area contributed by atoms with Gasteiger partial charge in [-0.3, -0.25) is 9.59 Å². The molecular weight excluding hydrogens is 650 g/mol. The van der Waals surface area contributed by atoms with E-state index in [0.29, 0.717) is 28.0 Å². The molecule has 1 saturated heterocycles. The number of anilines is 1. The Morgan fingerprint density at radius 1 is 1.08 bits per heavy atom. The highest BCUT2D eigenvalue weighted by molar-refractivity contribution is 5.96. The predicted molar refractivity (Wildman–Crippen MR) is 193 cm³/mol. The Kier molecular flexibility index (Phi) is 9.97. The summed E-state index contributed by atoms with van der Waals surface area (Å²) in [5, 5.41) is 16.3.